The van der Waals surface area contributed by atoms with E-state index in [2.05, 4.69) is 12.6 Å². The monoisotopic (exact) mass is 355 g/mol. The molecular weight excluding hydrogens is 341 g/mol. The van der Waals surface area contributed by atoms with E-state index in [-0.39, 0.29) is 12.2 Å². The lowest BCUT2D eigenvalue weighted by atomic mass is 10.1. The zero-order chi connectivity index (χ0) is 15.2. The number of carbonyl (C=O) groups excluding carboxylic acids is 1. The van der Waals surface area contributed by atoms with Gasteiger partial charge >= 0.3 is 5.97 Å². The first kappa shape index (κ1) is 17.9. The molecule has 1 unspecified atom stereocenters. The second-order valence-electron chi connectivity index (χ2n) is 4.36. The highest BCUT2D eigenvalue weighted by molar-refractivity contribution is 7.80. The third kappa shape index (κ3) is 7.04. The van der Waals surface area contributed by atoms with Crippen molar-refractivity contribution in [2.45, 2.75) is 28.8 Å². The average Bonchev–Trinajstić information content (AvgIpc) is 2.36. The summed E-state index contributed by atoms with van der Waals surface area (Å²) in [6.45, 7) is 0. The van der Waals surface area contributed by atoms with Crippen LogP contribution in [0.15, 0.2) is 30.3 Å². The van der Waals surface area contributed by atoms with E-state index in [9.17, 15) is 4.79 Å². The predicted molar refractivity (Wildman–Crippen MR) is 86.8 cm³/mol. The number of hydrogen-bond acceptors (Lipinski definition) is 4. The van der Waals surface area contributed by atoms with Gasteiger partial charge in [-0.05, 0) is 5.56 Å². The molecule has 0 radical (unpaired) electrons. The largest absolute Gasteiger partial charge is 0.461 e. The number of esters is 1. The molecule has 3 nitrogen and oxygen atoms in total. The summed E-state index contributed by atoms with van der Waals surface area (Å²) in [5.41, 5.74) is 6.56. The fraction of sp³-hybridized carbons (Fsp3) is 0.462. The number of halogens is 3. The van der Waals surface area contributed by atoms with E-state index in [1.54, 1.807) is 0 Å². The molecule has 0 saturated heterocycles. The van der Waals surface area contributed by atoms with E-state index in [1.165, 1.54) is 0 Å². The van der Waals surface area contributed by atoms with Gasteiger partial charge in [0.05, 0.1) is 0 Å². The van der Waals surface area contributed by atoms with Gasteiger partial charge in [0, 0.05) is 18.6 Å². The van der Waals surface area contributed by atoms with Crippen molar-refractivity contribution in [2.24, 2.45) is 5.73 Å². The number of benzene rings is 1. The smallest absolute Gasteiger partial charge is 0.324 e. The van der Waals surface area contributed by atoms with Gasteiger partial charge < -0.3 is 10.5 Å². The van der Waals surface area contributed by atoms with Crippen LogP contribution in [0.1, 0.15) is 12.0 Å². The first-order valence-corrected chi connectivity index (χ1v) is 7.76. The molecule has 0 fully saturated rings. The molecule has 2 N–H and O–H groups in total. The highest BCUT2D eigenvalue weighted by Gasteiger charge is 2.29. The van der Waals surface area contributed by atoms with Gasteiger partial charge in [-0.3, -0.25) is 4.79 Å². The maximum Gasteiger partial charge on any atom is 0.324 e. The minimum atomic E-state index is -1.50. The minimum absolute atomic E-state index is 0.0948. The molecule has 0 aliphatic rings. The number of nitrogens with two attached hydrogens (primary N) is 1. The van der Waals surface area contributed by atoms with Crippen molar-refractivity contribution >= 4 is 53.4 Å². The molecule has 1 aromatic rings. The van der Waals surface area contributed by atoms with Crippen molar-refractivity contribution < 1.29 is 9.53 Å². The number of alkyl halides is 3. The Hall–Kier alpha value is -0.130. The molecule has 7 heteroatoms. The third-order valence-corrected chi connectivity index (χ3v) is 3.40. The average molecular weight is 357 g/mol. The Bertz CT molecular complexity index is 425. The summed E-state index contributed by atoms with van der Waals surface area (Å²) in [5, 5.41) is 0. The third-order valence-electron chi connectivity index (χ3n) is 2.55. The van der Waals surface area contributed by atoms with Crippen molar-refractivity contribution in [1.29, 1.82) is 0 Å². The molecule has 0 saturated carbocycles. The molecule has 0 bridgehead atoms. The van der Waals surface area contributed by atoms with Crippen molar-refractivity contribution in [1.82, 2.24) is 0 Å². The molecule has 1 rings (SSSR count). The maximum atomic E-state index is 11.7. The molecular formula is C13H16Cl3NO2S. The molecule has 0 aliphatic carbocycles. The Morgan fingerprint density at radius 2 is 1.90 bits per heavy atom. The Balaban J connectivity index is 2.73. The quantitative estimate of drug-likeness (QED) is 0.468. The summed E-state index contributed by atoms with van der Waals surface area (Å²) in [4.78, 5) is 11.7. The van der Waals surface area contributed by atoms with Gasteiger partial charge in [0.15, 0.2) is 3.79 Å². The van der Waals surface area contributed by atoms with Gasteiger partial charge in [-0.1, -0.05) is 65.1 Å². The van der Waals surface area contributed by atoms with Crippen molar-refractivity contribution in [2.75, 3.05) is 5.75 Å². The number of ether oxygens (including phenoxy) is 1. The van der Waals surface area contributed by atoms with E-state index in [1.807, 2.05) is 30.3 Å². The molecule has 20 heavy (non-hydrogen) atoms. The summed E-state index contributed by atoms with van der Waals surface area (Å²) in [6, 6.07) is 8.73. The van der Waals surface area contributed by atoms with Crippen LogP contribution in [-0.2, 0) is 16.0 Å². The molecule has 0 amide bonds. The van der Waals surface area contributed by atoms with Crippen LogP contribution >= 0.6 is 47.4 Å². The van der Waals surface area contributed by atoms with Crippen LogP contribution in [0.25, 0.3) is 0 Å². The lowest BCUT2D eigenvalue weighted by Crippen LogP contribution is -2.38. The number of rotatable bonds is 6. The molecule has 0 aromatic heterocycles. The van der Waals surface area contributed by atoms with Crippen molar-refractivity contribution in [3.8, 4) is 0 Å². The van der Waals surface area contributed by atoms with E-state index in [4.69, 9.17) is 45.3 Å². The van der Waals surface area contributed by atoms with Gasteiger partial charge in [0.2, 0.25) is 0 Å². The van der Waals surface area contributed by atoms with Crippen LogP contribution in [0.4, 0.5) is 0 Å². The summed E-state index contributed by atoms with van der Waals surface area (Å²) in [6.07, 6.45) is 0.000481. The predicted octanol–water partition coefficient (Wildman–Crippen LogP) is 3.16. The van der Waals surface area contributed by atoms with Gasteiger partial charge in [0.1, 0.15) is 12.1 Å². The Labute approximate surface area is 139 Å². The summed E-state index contributed by atoms with van der Waals surface area (Å²) in [7, 11) is 0. The lowest BCUT2D eigenvalue weighted by Gasteiger charge is -2.23. The minimum Gasteiger partial charge on any atom is -0.461 e. The fourth-order valence-corrected chi connectivity index (χ4v) is 2.28. The Morgan fingerprint density at radius 3 is 2.40 bits per heavy atom. The topological polar surface area (TPSA) is 52.3 Å². The van der Waals surface area contributed by atoms with E-state index in [0.29, 0.717) is 6.42 Å². The summed E-state index contributed by atoms with van der Waals surface area (Å²) < 4.78 is 3.82. The molecule has 112 valence electrons. The van der Waals surface area contributed by atoms with Crippen LogP contribution in [0.2, 0.25) is 0 Å². The van der Waals surface area contributed by atoms with E-state index in [0.717, 1.165) is 5.56 Å². The maximum absolute atomic E-state index is 11.7. The summed E-state index contributed by atoms with van der Waals surface area (Å²) >= 11 is 21.3. The number of hydrogen-bond donors (Lipinski definition) is 2. The van der Waals surface area contributed by atoms with Gasteiger partial charge in [-0.15, -0.1) is 0 Å². The van der Waals surface area contributed by atoms with Gasteiger partial charge in [-0.25, -0.2) is 0 Å². The molecule has 2 atom stereocenters. The SMILES string of the molecule is N[C@@H](CS)C(=O)OC(Cc1ccccc1)CC(Cl)(Cl)Cl. The standard InChI is InChI=1S/C13H16Cl3NO2S/c14-13(15,16)7-10(19-12(18)11(17)8-20)6-9-4-2-1-3-5-9/h1-5,10-11,20H,6-8,17H2/t10?,11-/m0/s1. The fourth-order valence-electron chi connectivity index (χ4n) is 1.62. The van der Waals surface area contributed by atoms with Crippen LogP contribution < -0.4 is 5.73 Å². The first-order valence-electron chi connectivity index (χ1n) is 5.99. The van der Waals surface area contributed by atoms with Gasteiger partial charge in [-0.2, -0.15) is 12.6 Å². The van der Waals surface area contributed by atoms with Crippen LogP contribution in [-0.4, -0.2) is 27.7 Å². The second-order valence-corrected chi connectivity index (χ2v) is 7.24. The normalized spacial score (nSPS) is 14.7. The van der Waals surface area contributed by atoms with E-state index < -0.39 is 21.9 Å². The first-order chi connectivity index (χ1) is 9.31. The molecule has 0 aliphatic heterocycles. The Kier molecular flexibility index (Phi) is 7.48. The number of thiol groups is 1. The van der Waals surface area contributed by atoms with Crippen molar-refractivity contribution in [3.05, 3.63) is 35.9 Å². The molecule has 0 heterocycles. The van der Waals surface area contributed by atoms with Crippen LogP contribution in [0.3, 0.4) is 0 Å². The summed E-state index contributed by atoms with van der Waals surface area (Å²) in [5.74, 6) is -0.347. The van der Waals surface area contributed by atoms with Crippen molar-refractivity contribution in [3.63, 3.8) is 0 Å². The number of carbonyl (C=O) groups is 1. The van der Waals surface area contributed by atoms with Crippen LogP contribution in [0, 0.1) is 0 Å². The molecule has 0 spiro atoms. The van der Waals surface area contributed by atoms with Crippen LogP contribution in [0.5, 0.6) is 0 Å². The zero-order valence-electron chi connectivity index (χ0n) is 10.6. The van der Waals surface area contributed by atoms with E-state index >= 15 is 0 Å². The Morgan fingerprint density at radius 1 is 1.30 bits per heavy atom. The second kappa shape index (κ2) is 8.35. The molecule has 1 aromatic carbocycles. The highest BCUT2D eigenvalue weighted by Crippen LogP contribution is 2.33. The van der Waals surface area contributed by atoms with Gasteiger partial charge in [0.25, 0.3) is 0 Å². The highest BCUT2D eigenvalue weighted by atomic mass is 35.6. The lowest BCUT2D eigenvalue weighted by molar-refractivity contribution is -0.150. The zero-order valence-corrected chi connectivity index (χ0v) is 13.8.